The maximum atomic E-state index is 11.2. The second kappa shape index (κ2) is 6.73. The van der Waals surface area contributed by atoms with Crippen LogP contribution < -0.4 is 0 Å². The van der Waals surface area contributed by atoms with Gasteiger partial charge < -0.3 is 5.11 Å². The number of hydrogen-bond donors (Lipinski definition) is 1. The summed E-state index contributed by atoms with van der Waals surface area (Å²) in [6.07, 6.45) is 5.11. The molecule has 0 saturated carbocycles. The number of aromatic carboxylic acids is 1. The molecule has 0 aliphatic heterocycles. The fourth-order valence-electron chi connectivity index (χ4n) is 2.51. The lowest BCUT2D eigenvalue weighted by Crippen LogP contribution is -2.08. The molecule has 0 unspecified atom stereocenters. The Morgan fingerprint density at radius 1 is 1.35 bits per heavy atom. The molecule has 0 aromatic carbocycles. The highest BCUT2D eigenvalue weighted by Crippen LogP contribution is 2.19. The van der Waals surface area contributed by atoms with Crippen molar-refractivity contribution >= 4 is 18.1 Å². The van der Waals surface area contributed by atoms with E-state index >= 15 is 0 Å². The maximum Gasteiger partial charge on any atom is 0.339 e. The Morgan fingerprint density at radius 3 is 2.57 bits per heavy atom. The van der Waals surface area contributed by atoms with Crippen LogP contribution in [0.1, 0.15) is 65.5 Å². The molecule has 6 nitrogen and oxygen atoms in total. The third kappa shape index (κ3) is 3.47. The van der Waals surface area contributed by atoms with E-state index in [1.165, 1.54) is 6.20 Å². The average Bonchev–Trinajstić information content (AvgIpc) is 2.78. The minimum Gasteiger partial charge on any atom is -0.478 e. The Hall–Kier alpha value is -2.50. The molecule has 2 rings (SSSR count). The van der Waals surface area contributed by atoms with Crippen LogP contribution in [0.15, 0.2) is 6.20 Å². The van der Waals surface area contributed by atoms with Crippen LogP contribution in [-0.4, -0.2) is 30.8 Å². The van der Waals surface area contributed by atoms with Crippen LogP contribution in [0.3, 0.4) is 0 Å². The van der Waals surface area contributed by atoms with E-state index < -0.39 is 5.97 Å². The van der Waals surface area contributed by atoms with Crippen molar-refractivity contribution in [3.63, 3.8) is 0 Å². The molecule has 0 radical (unpaired) electrons. The average molecular weight is 314 g/mol. The molecule has 122 valence electrons. The second-order valence-electron chi connectivity index (χ2n) is 5.72. The van der Waals surface area contributed by atoms with Gasteiger partial charge in [0.05, 0.1) is 17.0 Å². The number of carbonyl (C=O) groups is 1. The van der Waals surface area contributed by atoms with E-state index in [2.05, 4.69) is 22.0 Å². The number of rotatable bonds is 5. The molecule has 23 heavy (non-hydrogen) atoms. The molecular formula is C17H22N4O2. The summed E-state index contributed by atoms with van der Waals surface area (Å²) in [6.45, 7) is 10.7. The predicted octanol–water partition coefficient (Wildman–Crippen LogP) is 3.30. The van der Waals surface area contributed by atoms with Gasteiger partial charge in [0.1, 0.15) is 0 Å². The number of aromatic nitrogens is 4. The summed E-state index contributed by atoms with van der Waals surface area (Å²) in [4.78, 5) is 19.8. The van der Waals surface area contributed by atoms with Crippen LogP contribution in [0.5, 0.6) is 0 Å². The fourth-order valence-corrected chi connectivity index (χ4v) is 2.51. The van der Waals surface area contributed by atoms with Gasteiger partial charge in [0.15, 0.2) is 5.82 Å². The van der Waals surface area contributed by atoms with E-state index in [-0.39, 0.29) is 11.5 Å². The summed E-state index contributed by atoms with van der Waals surface area (Å²) < 4.78 is 1.95. The molecule has 6 heteroatoms. The quantitative estimate of drug-likeness (QED) is 0.915. The molecule has 0 atom stereocenters. The zero-order chi connectivity index (χ0) is 17.1. The molecule has 0 aliphatic carbocycles. The van der Waals surface area contributed by atoms with Crippen molar-refractivity contribution in [2.24, 2.45) is 0 Å². The van der Waals surface area contributed by atoms with Crippen molar-refractivity contribution < 1.29 is 9.90 Å². The standard InChI is InChI=1S/C17H22N4O2/c1-6-21-12(5)13(11(4)20-21)7-8-15-18-9-14(17(22)23)16(19-15)10(2)3/h7-10H,6H2,1-5H3,(H,22,23). The van der Waals surface area contributed by atoms with Crippen molar-refractivity contribution in [2.75, 3.05) is 0 Å². The summed E-state index contributed by atoms with van der Waals surface area (Å²) >= 11 is 0. The van der Waals surface area contributed by atoms with Crippen molar-refractivity contribution in [2.45, 2.75) is 47.1 Å². The zero-order valence-corrected chi connectivity index (χ0v) is 14.2. The van der Waals surface area contributed by atoms with E-state index in [0.717, 1.165) is 23.5 Å². The lowest BCUT2D eigenvalue weighted by molar-refractivity contribution is 0.0694. The van der Waals surface area contributed by atoms with Gasteiger partial charge in [-0.1, -0.05) is 13.8 Å². The third-order valence-electron chi connectivity index (χ3n) is 3.75. The van der Waals surface area contributed by atoms with Crippen LogP contribution in [0.2, 0.25) is 0 Å². The van der Waals surface area contributed by atoms with Crippen LogP contribution in [0.4, 0.5) is 0 Å². The molecule has 0 spiro atoms. The van der Waals surface area contributed by atoms with E-state index in [4.69, 9.17) is 0 Å². The van der Waals surface area contributed by atoms with Gasteiger partial charge in [-0.15, -0.1) is 0 Å². The number of aryl methyl sites for hydroxylation is 2. The van der Waals surface area contributed by atoms with Crippen molar-refractivity contribution in [3.05, 3.63) is 40.2 Å². The Kier molecular flexibility index (Phi) is 4.93. The SMILES string of the molecule is CCn1nc(C)c(C=Cc2ncc(C(=O)O)c(C(C)C)n2)c1C. The first kappa shape index (κ1) is 16.9. The highest BCUT2D eigenvalue weighted by atomic mass is 16.4. The Labute approximate surface area is 135 Å². The van der Waals surface area contributed by atoms with Gasteiger partial charge in [-0.25, -0.2) is 14.8 Å². The molecule has 0 fully saturated rings. The number of carboxylic acid groups (broad SMARTS) is 1. The summed E-state index contributed by atoms with van der Waals surface area (Å²) in [6, 6.07) is 0. The Morgan fingerprint density at radius 2 is 2.04 bits per heavy atom. The first-order valence-electron chi connectivity index (χ1n) is 7.67. The van der Waals surface area contributed by atoms with Gasteiger partial charge >= 0.3 is 5.97 Å². The first-order chi connectivity index (χ1) is 10.8. The van der Waals surface area contributed by atoms with E-state index in [0.29, 0.717) is 11.5 Å². The molecule has 2 aromatic rings. The number of carboxylic acids is 1. The van der Waals surface area contributed by atoms with Gasteiger partial charge in [0, 0.05) is 24.0 Å². The highest BCUT2D eigenvalue weighted by molar-refractivity contribution is 5.88. The van der Waals surface area contributed by atoms with Crippen LogP contribution in [0, 0.1) is 13.8 Å². The maximum absolute atomic E-state index is 11.2. The van der Waals surface area contributed by atoms with Crippen LogP contribution in [0.25, 0.3) is 12.2 Å². The molecule has 0 bridgehead atoms. The van der Waals surface area contributed by atoms with Crippen molar-refractivity contribution in [3.8, 4) is 0 Å². The third-order valence-corrected chi connectivity index (χ3v) is 3.75. The van der Waals surface area contributed by atoms with Crippen molar-refractivity contribution in [1.82, 2.24) is 19.7 Å². The molecule has 1 N–H and O–H groups in total. The second-order valence-corrected chi connectivity index (χ2v) is 5.72. The molecule has 0 aliphatic rings. The normalized spacial score (nSPS) is 11.6. The van der Waals surface area contributed by atoms with Gasteiger partial charge in [0.2, 0.25) is 0 Å². The summed E-state index contributed by atoms with van der Waals surface area (Å²) in [5.41, 5.74) is 3.79. The first-order valence-corrected chi connectivity index (χ1v) is 7.67. The fraction of sp³-hybridized carbons (Fsp3) is 0.412. The van der Waals surface area contributed by atoms with E-state index in [1.807, 2.05) is 38.5 Å². The summed E-state index contributed by atoms with van der Waals surface area (Å²) in [5.74, 6) is -0.482. The van der Waals surface area contributed by atoms with Crippen LogP contribution >= 0.6 is 0 Å². The molecule has 0 amide bonds. The van der Waals surface area contributed by atoms with Crippen molar-refractivity contribution in [1.29, 1.82) is 0 Å². The molecule has 2 heterocycles. The Balaban J connectivity index is 2.39. The molecular weight excluding hydrogens is 292 g/mol. The molecule has 2 aromatic heterocycles. The smallest absolute Gasteiger partial charge is 0.339 e. The van der Waals surface area contributed by atoms with Gasteiger partial charge in [0.25, 0.3) is 0 Å². The summed E-state index contributed by atoms with van der Waals surface area (Å²) in [5, 5.41) is 13.7. The topological polar surface area (TPSA) is 80.9 Å². The summed E-state index contributed by atoms with van der Waals surface area (Å²) in [7, 11) is 0. The van der Waals surface area contributed by atoms with Gasteiger partial charge in [-0.2, -0.15) is 5.10 Å². The van der Waals surface area contributed by atoms with Gasteiger partial charge in [-0.3, -0.25) is 4.68 Å². The Bertz CT molecular complexity index is 760. The van der Waals surface area contributed by atoms with Crippen LogP contribution in [-0.2, 0) is 6.54 Å². The largest absolute Gasteiger partial charge is 0.478 e. The lowest BCUT2D eigenvalue weighted by Gasteiger charge is -2.08. The van der Waals surface area contributed by atoms with Gasteiger partial charge in [-0.05, 0) is 38.8 Å². The minimum absolute atomic E-state index is 0.0163. The predicted molar refractivity (Wildman–Crippen MR) is 89.4 cm³/mol. The lowest BCUT2D eigenvalue weighted by atomic mass is 10.1. The van der Waals surface area contributed by atoms with E-state index in [9.17, 15) is 9.90 Å². The molecule has 0 saturated heterocycles. The zero-order valence-electron chi connectivity index (χ0n) is 14.2. The minimum atomic E-state index is -1.000. The number of nitrogens with zero attached hydrogens (tertiary/aromatic N) is 4. The number of hydrogen-bond acceptors (Lipinski definition) is 4. The monoisotopic (exact) mass is 314 g/mol. The highest BCUT2D eigenvalue weighted by Gasteiger charge is 2.15. The van der Waals surface area contributed by atoms with E-state index in [1.54, 1.807) is 6.08 Å².